The summed E-state index contributed by atoms with van der Waals surface area (Å²) in [7, 11) is 0. The number of nitrogen functional groups attached to an aromatic ring is 1. The first kappa shape index (κ1) is 23.5. The highest BCUT2D eigenvalue weighted by molar-refractivity contribution is 5.59. The van der Waals surface area contributed by atoms with Gasteiger partial charge in [-0.1, -0.05) is 13.8 Å². The summed E-state index contributed by atoms with van der Waals surface area (Å²) in [6, 6.07) is 3.01. The first-order valence-corrected chi connectivity index (χ1v) is 11.3. The highest BCUT2D eigenvalue weighted by Crippen LogP contribution is 2.36. The monoisotopic (exact) mass is 467 g/mol. The van der Waals surface area contributed by atoms with Crippen molar-refractivity contribution in [3.05, 3.63) is 41.2 Å². The summed E-state index contributed by atoms with van der Waals surface area (Å²) in [5.74, 6) is -0.398. The van der Waals surface area contributed by atoms with Crippen molar-refractivity contribution in [2.75, 3.05) is 36.8 Å². The lowest BCUT2D eigenvalue weighted by Gasteiger charge is -2.39. The fourth-order valence-corrected chi connectivity index (χ4v) is 4.76. The maximum Gasteiger partial charge on any atom is 0.251 e. The fraction of sp³-hybridized carbons (Fsp3) is 0.565. The fourth-order valence-electron chi connectivity index (χ4n) is 4.76. The number of piperidine rings is 1. The highest BCUT2D eigenvalue weighted by atomic mass is 19.3. The van der Waals surface area contributed by atoms with Crippen molar-refractivity contribution in [2.24, 2.45) is 5.92 Å². The number of alkyl halides is 2. The quantitative estimate of drug-likeness (QED) is 0.643. The van der Waals surface area contributed by atoms with E-state index in [0.717, 1.165) is 11.8 Å². The second-order valence-corrected chi connectivity index (χ2v) is 8.97. The Balaban J connectivity index is 1.49. The number of hydrogen-bond acceptors (Lipinski definition) is 6. The molecule has 1 atom stereocenters. The van der Waals surface area contributed by atoms with Gasteiger partial charge in [-0.3, -0.25) is 4.90 Å². The lowest BCUT2D eigenvalue weighted by atomic mass is 9.92. The van der Waals surface area contributed by atoms with Crippen LogP contribution in [0.15, 0.2) is 18.2 Å². The number of halogens is 4. The molecule has 0 bridgehead atoms. The van der Waals surface area contributed by atoms with E-state index in [-0.39, 0.29) is 30.4 Å². The number of ether oxygens (including phenoxy) is 1. The molecule has 0 radical (unpaired) electrons. The molecule has 4 rings (SSSR count). The molecule has 1 unspecified atom stereocenters. The van der Waals surface area contributed by atoms with Gasteiger partial charge in [0, 0.05) is 45.0 Å². The zero-order valence-corrected chi connectivity index (χ0v) is 18.8. The number of fused-ring (bicyclic) bond motifs is 1. The maximum absolute atomic E-state index is 13.9. The van der Waals surface area contributed by atoms with Gasteiger partial charge < -0.3 is 15.4 Å². The minimum absolute atomic E-state index is 0.0295. The molecule has 2 aromatic rings. The molecule has 180 valence electrons. The van der Waals surface area contributed by atoms with Crippen molar-refractivity contribution >= 4 is 11.6 Å². The summed E-state index contributed by atoms with van der Waals surface area (Å²) in [4.78, 5) is 13.2. The van der Waals surface area contributed by atoms with E-state index < -0.39 is 18.1 Å². The van der Waals surface area contributed by atoms with Gasteiger partial charge in [-0.15, -0.1) is 0 Å². The van der Waals surface area contributed by atoms with E-state index in [1.165, 1.54) is 12.1 Å². The number of rotatable bonds is 6. The van der Waals surface area contributed by atoms with E-state index in [1.54, 1.807) is 4.90 Å². The van der Waals surface area contributed by atoms with Crippen LogP contribution in [0.4, 0.5) is 29.2 Å². The third-order valence-corrected chi connectivity index (χ3v) is 6.25. The normalized spacial score (nSPS) is 19.9. The lowest BCUT2D eigenvalue weighted by molar-refractivity contribution is 0.0450. The van der Waals surface area contributed by atoms with Gasteiger partial charge in [-0.05, 0) is 18.1 Å². The van der Waals surface area contributed by atoms with Gasteiger partial charge in [-0.2, -0.15) is 0 Å². The predicted octanol–water partition coefficient (Wildman–Crippen LogP) is 4.21. The standard InChI is InChI=1S/C23H29F4N5O/c1-13(2)21-20-17(7-10-32(21)12-19(26)27)29-22(28)23(30-20)31-8-5-15(6-9-31)33-18-4-3-14(24)11-16(18)25/h3-4,11,13,15,19,21H,5-10,12H2,1-2H3,(H2,28,29). The Morgan fingerprint density at radius 3 is 2.48 bits per heavy atom. The van der Waals surface area contributed by atoms with Crippen molar-refractivity contribution in [1.82, 2.24) is 14.9 Å². The molecule has 2 aliphatic rings. The van der Waals surface area contributed by atoms with Crippen LogP contribution in [0.1, 0.15) is 44.1 Å². The van der Waals surface area contributed by atoms with Gasteiger partial charge in [0.25, 0.3) is 6.43 Å². The van der Waals surface area contributed by atoms with Gasteiger partial charge in [0.1, 0.15) is 11.9 Å². The largest absolute Gasteiger partial charge is 0.487 e. The summed E-state index contributed by atoms with van der Waals surface area (Å²) in [5, 5.41) is 0. The summed E-state index contributed by atoms with van der Waals surface area (Å²) >= 11 is 0. The van der Waals surface area contributed by atoms with Crippen LogP contribution in [0.5, 0.6) is 5.75 Å². The number of hydrogen-bond donors (Lipinski definition) is 1. The second kappa shape index (κ2) is 9.70. The van der Waals surface area contributed by atoms with E-state index in [0.29, 0.717) is 56.2 Å². The topological polar surface area (TPSA) is 67.5 Å². The summed E-state index contributed by atoms with van der Waals surface area (Å²) in [6.07, 6.45) is -0.917. The van der Waals surface area contributed by atoms with Gasteiger partial charge in [-0.25, -0.2) is 27.5 Å². The molecule has 3 heterocycles. The maximum atomic E-state index is 13.9. The van der Waals surface area contributed by atoms with Crippen molar-refractivity contribution in [3.8, 4) is 5.75 Å². The Morgan fingerprint density at radius 2 is 1.85 bits per heavy atom. The number of nitrogens with two attached hydrogens (primary N) is 1. The minimum atomic E-state index is -2.42. The Hall–Kier alpha value is -2.62. The van der Waals surface area contributed by atoms with E-state index in [4.69, 9.17) is 15.5 Å². The van der Waals surface area contributed by atoms with Crippen molar-refractivity contribution in [1.29, 1.82) is 0 Å². The van der Waals surface area contributed by atoms with Gasteiger partial charge in [0.2, 0.25) is 0 Å². The third kappa shape index (κ3) is 5.15. The molecule has 0 spiro atoms. The van der Waals surface area contributed by atoms with Crippen LogP contribution in [0.3, 0.4) is 0 Å². The third-order valence-electron chi connectivity index (χ3n) is 6.25. The number of anilines is 2. The van der Waals surface area contributed by atoms with Crippen LogP contribution in [0, 0.1) is 17.6 Å². The summed E-state index contributed by atoms with van der Waals surface area (Å²) in [6.45, 7) is 5.32. The molecule has 10 heteroatoms. The smallest absolute Gasteiger partial charge is 0.251 e. The van der Waals surface area contributed by atoms with Gasteiger partial charge in [0.15, 0.2) is 23.2 Å². The number of aromatic nitrogens is 2. The molecule has 6 nitrogen and oxygen atoms in total. The highest BCUT2D eigenvalue weighted by Gasteiger charge is 2.35. The minimum Gasteiger partial charge on any atom is -0.487 e. The molecule has 1 aromatic heterocycles. The number of nitrogens with zero attached hydrogens (tertiary/aromatic N) is 4. The van der Waals surface area contributed by atoms with Crippen LogP contribution in [-0.2, 0) is 6.42 Å². The Morgan fingerprint density at radius 1 is 1.12 bits per heavy atom. The summed E-state index contributed by atoms with van der Waals surface area (Å²) < 4.78 is 59.1. The van der Waals surface area contributed by atoms with Crippen molar-refractivity contribution < 1.29 is 22.3 Å². The molecule has 1 saturated heterocycles. The zero-order chi connectivity index (χ0) is 23.7. The average Bonchev–Trinajstić information content (AvgIpc) is 2.75. The first-order valence-electron chi connectivity index (χ1n) is 11.3. The molecular formula is C23H29F4N5O. The lowest BCUT2D eigenvalue weighted by Crippen LogP contribution is -2.43. The van der Waals surface area contributed by atoms with Gasteiger partial charge in [0.05, 0.1) is 24.0 Å². The van der Waals surface area contributed by atoms with Crippen LogP contribution in [0.25, 0.3) is 0 Å². The van der Waals surface area contributed by atoms with Crippen LogP contribution in [-0.4, -0.2) is 53.6 Å². The molecule has 0 saturated carbocycles. The molecule has 1 aromatic carbocycles. The SMILES string of the molecule is CC(C)C1c2nc(N3CCC(Oc4ccc(F)cc4F)CC3)c(N)nc2CCN1CC(F)F. The first-order chi connectivity index (χ1) is 15.7. The summed E-state index contributed by atoms with van der Waals surface area (Å²) in [5.41, 5.74) is 7.72. The Labute approximate surface area is 190 Å². The molecule has 0 amide bonds. The molecule has 2 aliphatic heterocycles. The molecule has 2 N–H and O–H groups in total. The van der Waals surface area contributed by atoms with Crippen LogP contribution >= 0.6 is 0 Å². The van der Waals surface area contributed by atoms with E-state index in [1.807, 2.05) is 18.7 Å². The van der Waals surface area contributed by atoms with Crippen molar-refractivity contribution in [3.63, 3.8) is 0 Å². The average molecular weight is 468 g/mol. The van der Waals surface area contributed by atoms with Crippen LogP contribution < -0.4 is 15.4 Å². The van der Waals surface area contributed by atoms with E-state index >= 15 is 0 Å². The molecular weight excluding hydrogens is 438 g/mol. The Kier molecular flexibility index (Phi) is 6.92. The van der Waals surface area contributed by atoms with Crippen molar-refractivity contribution in [2.45, 2.75) is 51.7 Å². The second-order valence-electron chi connectivity index (χ2n) is 8.97. The van der Waals surface area contributed by atoms with Crippen LogP contribution in [0.2, 0.25) is 0 Å². The molecule has 1 fully saturated rings. The zero-order valence-electron chi connectivity index (χ0n) is 18.8. The van der Waals surface area contributed by atoms with Gasteiger partial charge >= 0.3 is 0 Å². The molecule has 0 aliphatic carbocycles. The van der Waals surface area contributed by atoms with E-state index in [2.05, 4.69) is 4.98 Å². The number of benzene rings is 1. The Bertz CT molecular complexity index is 982. The molecule has 33 heavy (non-hydrogen) atoms. The predicted molar refractivity (Wildman–Crippen MR) is 118 cm³/mol. The van der Waals surface area contributed by atoms with E-state index in [9.17, 15) is 17.6 Å².